The molecule has 0 saturated carbocycles. The van der Waals surface area contributed by atoms with Gasteiger partial charge < -0.3 is 19.5 Å². The Morgan fingerprint density at radius 2 is 2.19 bits per heavy atom. The molecule has 1 atom stereocenters. The van der Waals surface area contributed by atoms with E-state index in [0.29, 0.717) is 39.0 Å². The maximum Gasteiger partial charge on any atom is 0.329 e. The first-order valence-electron chi connectivity index (χ1n) is 7.38. The van der Waals surface area contributed by atoms with E-state index < -0.39 is 11.5 Å². The lowest BCUT2D eigenvalue weighted by molar-refractivity contribution is -0.148. The molecule has 0 aromatic carbocycles. The fourth-order valence-corrected chi connectivity index (χ4v) is 3.41. The summed E-state index contributed by atoms with van der Waals surface area (Å²) in [5, 5.41) is 9.58. The number of carbonyl (C=O) groups excluding carboxylic acids is 1. The smallest absolute Gasteiger partial charge is 0.329 e. The van der Waals surface area contributed by atoms with Gasteiger partial charge in [-0.05, 0) is 19.3 Å². The largest absolute Gasteiger partial charge is 0.479 e. The van der Waals surface area contributed by atoms with Crippen molar-refractivity contribution < 1.29 is 14.7 Å². The van der Waals surface area contributed by atoms with Crippen LogP contribution >= 0.6 is 0 Å². The summed E-state index contributed by atoms with van der Waals surface area (Å²) in [5.74, 6) is -0.0411. The molecular weight excluding hydrogens is 272 g/mol. The number of hydrogen-bond acceptors (Lipinski definition) is 3. The van der Waals surface area contributed by atoms with Crippen LogP contribution < -0.4 is 0 Å². The van der Waals surface area contributed by atoms with E-state index in [1.165, 1.54) is 0 Å². The SMILES string of the molecule is CCC1(C(=O)O)CCCN1C(=O)N1CCn2ccnc2C1. The van der Waals surface area contributed by atoms with Gasteiger partial charge in [0.1, 0.15) is 11.4 Å². The summed E-state index contributed by atoms with van der Waals surface area (Å²) >= 11 is 0. The first-order valence-corrected chi connectivity index (χ1v) is 7.38. The average molecular weight is 292 g/mol. The van der Waals surface area contributed by atoms with E-state index in [-0.39, 0.29) is 6.03 Å². The van der Waals surface area contributed by atoms with Gasteiger partial charge in [-0.25, -0.2) is 14.6 Å². The van der Waals surface area contributed by atoms with Crippen molar-refractivity contribution in [3.05, 3.63) is 18.2 Å². The number of carboxylic acid groups (broad SMARTS) is 1. The minimum Gasteiger partial charge on any atom is -0.479 e. The van der Waals surface area contributed by atoms with Crippen molar-refractivity contribution >= 4 is 12.0 Å². The van der Waals surface area contributed by atoms with E-state index in [4.69, 9.17) is 0 Å². The van der Waals surface area contributed by atoms with E-state index in [1.807, 2.05) is 17.7 Å². The summed E-state index contributed by atoms with van der Waals surface area (Å²) in [6, 6.07) is -0.175. The van der Waals surface area contributed by atoms with Crippen LogP contribution in [0.25, 0.3) is 0 Å². The Kier molecular flexibility index (Phi) is 3.35. The fourth-order valence-electron chi connectivity index (χ4n) is 3.41. The second-order valence-corrected chi connectivity index (χ2v) is 5.69. The highest BCUT2D eigenvalue weighted by atomic mass is 16.4. The molecule has 114 valence electrons. The Labute approximate surface area is 123 Å². The van der Waals surface area contributed by atoms with Crippen LogP contribution in [-0.4, -0.2) is 55.1 Å². The van der Waals surface area contributed by atoms with E-state index in [9.17, 15) is 14.7 Å². The Morgan fingerprint density at radius 3 is 2.90 bits per heavy atom. The number of fused-ring (bicyclic) bond motifs is 1. The van der Waals surface area contributed by atoms with Crippen molar-refractivity contribution in [1.29, 1.82) is 0 Å². The Morgan fingerprint density at radius 1 is 1.38 bits per heavy atom. The van der Waals surface area contributed by atoms with Crippen molar-refractivity contribution in [3.8, 4) is 0 Å². The molecule has 2 aliphatic rings. The fraction of sp³-hybridized carbons (Fsp3) is 0.643. The van der Waals surface area contributed by atoms with Crippen LogP contribution in [-0.2, 0) is 17.9 Å². The standard InChI is InChI=1S/C14H20N4O3/c1-2-14(12(19)20)4-3-6-18(14)13(21)17-9-8-16-7-5-15-11(16)10-17/h5,7H,2-4,6,8-10H2,1H3,(H,19,20). The molecule has 0 spiro atoms. The molecule has 0 aliphatic carbocycles. The number of urea groups is 1. The zero-order valence-electron chi connectivity index (χ0n) is 12.2. The van der Waals surface area contributed by atoms with Crippen molar-refractivity contribution in [2.24, 2.45) is 0 Å². The molecule has 2 aliphatic heterocycles. The molecule has 1 unspecified atom stereocenters. The van der Waals surface area contributed by atoms with Gasteiger partial charge in [-0.3, -0.25) is 0 Å². The van der Waals surface area contributed by atoms with Crippen LogP contribution in [0.2, 0.25) is 0 Å². The summed E-state index contributed by atoms with van der Waals surface area (Å²) in [6.45, 7) is 4.10. The second kappa shape index (κ2) is 5.05. The quantitative estimate of drug-likeness (QED) is 0.887. The number of carboxylic acids is 1. The van der Waals surface area contributed by atoms with E-state index in [2.05, 4.69) is 4.98 Å². The minimum absolute atomic E-state index is 0.175. The Hall–Kier alpha value is -2.05. The lowest BCUT2D eigenvalue weighted by atomic mass is 9.93. The van der Waals surface area contributed by atoms with Gasteiger partial charge in [0.2, 0.25) is 0 Å². The molecule has 2 amide bonds. The van der Waals surface area contributed by atoms with E-state index in [0.717, 1.165) is 12.2 Å². The Bertz CT molecular complexity index is 570. The third-order valence-corrected chi connectivity index (χ3v) is 4.72. The highest BCUT2D eigenvalue weighted by molar-refractivity contribution is 5.87. The van der Waals surface area contributed by atoms with E-state index in [1.54, 1.807) is 16.0 Å². The molecule has 21 heavy (non-hydrogen) atoms. The number of carbonyl (C=O) groups is 2. The molecule has 7 nitrogen and oxygen atoms in total. The zero-order chi connectivity index (χ0) is 15.0. The number of hydrogen-bond donors (Lipinski definition) is 1. The molecule has 7 heteroatoms. The highest BCUT2D eigenvalue weighted by Gasteiger charge is 2.49. The third kappa shape index (κ3) is 2.07. The van der Waals surface area contributed by atoms with Crippen molar-refractivity contribution in [3.63, 3.8) is 0 Å². The molecule has 0 radical (unpaired) electrons. The maximum atomic E-state index is 12.8. The molecule has 0 bridgehead atoms. The number of imidazole rings is 1. The lowest BCUT2D eigenvalue weighted by Gasteiger charge is -2.38. The van der Waals surface area contributed by atoms with Gasteiger partial charge in [0.05, 0.1) is 6.54 Å². The highest BCUT2D eigenvalue weighted by Crippen LogP contribution is 2.34. The van der Waals surface area contributed by atoms with Gasteiger partial charge in [0.25, 0.3) is 0 Å². The topological polar surface area (TPSA) is 78.7 Å². The van der Waals surface area contributed by atoms with Gasteiger partial charge in [-0.15, -0.1) is 0 Å². The summed E-state index contributed by atoms with van der Waals surface area (Å²) in [5.41, 5.74) is -1.04. The predicted octanol–water partition coefficient (Wildman–Crippen LogP) is 1.15. The van der Waals surface area contributed by atoms with Crippen LogP contribution in [0.4, 0.5) is 4.79 Å². The first-order chi connectivity index (χ1) is 10.1. The molecule has 3 heterocycles. The number of nitrogens with zero attached hydrogens (tertiary/aromatic N) is 4. The number of likely N-dealkylation sites (tertiary alicyclic amines) is 1. The summed E-state index contributed by atoms with van der Waals surface area (Å²) in [7, 11) is 0. The minimum atomic E-state index is -1.04. The number of amides is 2. The summed E-state index contributed by atoms with van der Waals surface area (Å²) < 4.78 is 2.03. The molecule has 1 aromatic heterocycles. The molecular formula is C14H20N4O3. The Balaban J connectivity index is 1.81. The van der Waals surface area contributed by atoms with Crippen molar-refractivity contribution in [1.82, 2.24) is 19.4 Å². The first kappa shape index (κ1) is 13.9. The van der Waals surface area contributed by atoms with Crippen LogP contribution in [0, 0.1) is 0 Å². The average Bonchev–Trinajstić information content (AvgIpc) is 3.12. The van der Waals surface area contributed by atoms with Gasteiger partial charge in [-0.1, -0.05) is 6.92 Å². The normalized spacial score (nSPS) is 25.0. The lowest BCUT2D eigenvalue weighted by Crippen LogP contribution is -2.57. The van der Waals surface area contributed by atoms with Gasteiger partial charge in [0, 0.05) is 32.0 Å². The number of aliphatic carboxylic acids is 1. The molecule has 1 N–H and O–H groups in total. The second-order valence-electron chi connectivity index (χ2n) is 5.69. The molecule has 1 aromatic rings. The van der Waals surface area contributed by atoms with Gasteiger partial charge >= 0.3 is 12.0 Å². The maximum absolute atomic E-state index is 12.8. The number of rotatable bonds is 2. The van der Waals surface area contributed by atoms with Crippen LogP contribution in [0.1, 0.15) is 32.0 Å². The van der Waals surface area contributed by atoms with Crippen LogP contribution in [0.5, 0.6) is 0 Å². The van der Waals surface area contributed by atoms with Crippen molar-refractivity contribution in [2.75, 3.05) is 13.1 Å². The van der Waals surface area contributed by atoms with Gasteiger partial charge in [-0.2, -0.15) is 0 Å². The van der Waals surface area contributed by atoms with Crippen LogP contribution in [0.3, 0.4) is 0 Å². The molecule has 3 rings (SSSR count). The molecule has 1 fully saturated rings. The van der Waals surface area contributed by atoms with Crippen molar-refractivity contribution in [2.45, 2.75) is 44.8 Å². The van der Waals surface area contributed by atoms with Crippen LogP contribution in [0.15, 0.2) is 12.4 Å². The van der Waals surface area contributed by atoms with Gasteiger partial charge in [0.15, 0.2) is 0 Å². The summed E-state index contributed by atoms with van der Waals surface area (Å²) in [6.07, 6.45) is 5.35. The summed E-state index contributed by atoms with van der Waals surface area (Å²) in [4.78, 5) is 31.9. The number of aromatic nitrogens is 2. The zero-order valence-corrected chi connectivity index (χ0v) is 12.2. The molecule has 1 saturated heterocycles. The van der Waals surface area contributed by atoms with E-state index >= 15 is 0 Å². The third-order valence-electron chi connectivity index (χ3n) is 4.72. The monoisotopic (exact) mass is 292 g/mol. The predicted molar refractivity (Wildman–Crippen MR) is 74.6 cm³/mol.